The van der Waals surface area contributed by atoms with Gasteiger partial charge >= 0.3 is 0 Å². The lowest BCUT2D eigenvalue weighted by Gasteiger charge is -2.02. The molecule has 0 atom stereocenters. The Bertz CT molecular complexity index is 1080. The van der Waals surface area contributed by atoms with Crippen LogP contribution in [-0.4, -0.2) is 22.2 Å². The molecular weight excluding hydrogens is 358 g/mol. The molecule has 27 heavy (non-hydrogen) atoms. The molecule has 2 aromatic heterocycles. The Hall–Kier alpha value is -3.25. The quantitative estimate of drug-likeness (QED) is 0.471. The van der Waals surface area contributed by atoms with E-state index >= 15 is 0 Å². The minimum absolute atomic E-state index is 0.440. The maximum absolute atomic E-state index is 5.34. The molecule has 0 radical (unpaired) electrons. The van der Waals surface area contributed by atoms with E-state index in [1.165, 1.54) is 0 Å². The van der Waals surface area contributed by atoms with Gasteiger partial charge in [-0.15, -0.1) is 11.3 Å². The average Bonchev–Trinajstić information content (AvgIpc) is 3.36. The van der Waals surface area contributed by atoms with Crippen molar-refractivity contribution in [2.24, 2.45) is 0 Å². The molecule has 134 valence electrons. The van der Waals surface area contributed by atoms with Crippen molar-refractivity contribution in [1.29, 1.82) is 0 Å². The summed E-state index contributed by atoms with van der Waals surface area (Å²) < 4.78 is 10.7. The maximum Gasteiger partial charge on any atom is 0.250 e. The fourth-order valence-corrected chi connectivity index (χ4v) is 3.29. The Morgan fingerprint density at radius 1 is 0.963 bits per heavy atom. The minimum atomic E-state index is 0.440. The van der Waals surface area contributed by atoms with Crippen molar-refractivity contribution in [3.63, 3.8) is 0 Å². The number of nitrogens with zero attached hydrogens (tertiary/aromatic N) is 3. The molecule has 0 fully saturated rings. The van der Waals surface area contributed by atoms with Gasteiger partial charge in [-0.1, -0.05) is 47.6 Å². The first kappa shape index (κ1) is 17.2. The predicted molar refractivity (Wildman–Crippen MR) is 108 cm³/mol. The van der Waals surface area contributed by atoms with Gasteiger partial charge in [-0.2, -0.15) is 4.98 Å². The van der Waals surface area contributed by atoms with Gasteiger partial charge in [-0.25, -0.2) is 4.98 Å². The molecule has 0 unspecified atom stereocenters. The molecule has 0 aliphatic rings. The van der Waals surface area contributed by atoms with Gasteiger partial charge in [0.1, 0.15) is 5.75 Å². The third-order valence-electron chi connectivity index (χ3n) is 4.04. The summed E-state index contributed by atoms with van der Waals surface area (Å²) in [4.78, 5) is 8.94. The van der Waals surface area contributed by atoms with Crippen molar-refractivity contribution in [3.8, 4) is 28.4 Å². The zero-order valence-electron chi connectivity index (χ0n) is 14.9. The minimum Gasteiger partial charge on any atom is -0.496 e. The topological polar surface area (TPSA) is 61.0 Å². The van der Waals surface area contributed by atoms with Gasteiger partial charge in [-0.3, -0.25) is 0 Å². The standard InChI is InChI=1S/C21H17N3O2S/c1-14-22-18(13-27-14)15-7-9-17(10-8-15)21-23-20(26-24-21)12-11-16-5-3-4-6-19(16)25-2/h3-13H,1-2H3/b12-11+. The molecule has 6 heteroatoms. The van der Waals surface area contributed by atoms with Gasteiger partial charge in [0, 0.05) is 28.1 Å². The van der Waals surface area contributed by atoms with E-state index in [-0.39, 0.29) is 0 Å². The number of aryl methyl sites for hydroxylation is 1. The van der Waals surface area contributed by atoms with Crippen molar-refractivity contribution in [1.82, 2.24) is 15.1 Å². The largest absolute Gasteiger partial charge is 0.496 e. The second-order valence-corrected chi connectivity index (χ2v) is 6.92. The molecule has 0 aliphatic carbocycles. The maximum atomic E-state index is 5.34. The summed E-state index contributed by atoms with van der Waals surface area (Å²) in [6.07, 6.45) is 3.67. The Kier molecular flexibility index (Phi) is 4.80. The van der Waals surface area contributed by atoms with E-state index in [1.54, 1.807) is 24.5 Å². The van der Waals surface area contributed by atoms with Crippen molar-refractivity contribution in [2.75, 3.05) is 7.11 Å². The fraction of sp³-hybridized carbons (Fsp3) is 0.0952. The number of methoxy groups -OCH3 is 1. The number of hydrogen-bond donors (Lipinski definition) is 0. The van der Waals surface area contributed by atoms with Crippen molar-refractivity contribution in [2.45, 2.75) is 6.92 Å². The number of ether oxygens (including phenoxy) is 1. The third kappa shape index (κ3) is 3.80. The number of thiazole rings is 1. The first-order valence-electron chi connectivity index (χ1n) is 8.41. The van der Waals surface area contributed by atoms with Crippen LogP contribution in [0, 0.1) is 6.92 Å². The van der Waals surface area contributed by atoms with Gasteiger partial charge < -0.3 is 9.26 Å². The molecule has 0 aliphatic heterocycles. The molecule has 0 saturated carbocycles. The van der Waals surface area contributed by atoms with Crippen LogP contribution in [0.1, 0.15) is 16.5 Å². The zero-order valence-corrected chi connectivity index (χ0v) is 15.7. The Labute approximate surface area is 161 Å². The monoisotopic (exact) mass is 375 g/mol. The highest BCUT2D eigenvalue weighted by Gasteiger charge is 2.08. The summed E-state index contributed by atoms with van der Waals surface area (Å²) in [5, 5.41) is 7.18. The molecule has 4 aromatic rings. The van der Waals surface area contributed by atoms with Crippen LogP contribution in [0.3, 0.4) is 0 Å². The highest BCUT2D eigenvalue weighted by molar-refractivity contribution is 7.09. The predicted octanol–water partition coefficient (Wildman–Crippen LogP) is 5.35. The lowest BCUT2D eigenvalue weighted by atomic mass is 10.1. The summed E-state index contributed by atoms with van der Waals surface area (Å²) in [5.41, 5.74) is 3.90. The highest BCUT2D eigenvalue weighted by Crippen LogP contribution is 2.25. The zero-order chi connectivity index (χ0) is 18.6. The normalized spacial score (nSPS) is 11.2. The molecule has 0 saturated heterocycles. The van der Waals surface area contributed by atoms with Crippen LogP contribution in [0.15, 0.2) is 58.4 Å². The Balaban J connectivity index is 1.53. The fourth-order valence-electron chi connectivity index (χ4n) is 2.67. The van der Waals surface area contributed by atoms with E-state index in [4.69, 9.17) is 9.26 Å². The molecule has 5 nitrogen and oxygen atoms in total. The summed E-state index contributed by atoms with van der Waals surface area (Å²) in [6, 6.07) is 15.7. The first-order chi connectivity index (χ1) is 13.2. The van der Waals surface area contributed by atoms with E-state index in [2.05, 4.69) is 20.5 Å². The summed E-state index contributed by atoms with van der Waals surface area (Å²) in [5.74, 6) is 1.78. The molecule has 2 heterocycles. The smallest absolute Gasteiger partial charge is 0.250 e. The second kappa shape index (κ2) is 7.55. The number of para-hydroxylation sites is 1. The molecule has 0 bridgehead atoms. The first-order valence-corrected chi connectivity index (χ1v) is 9.28. The molecular formula is C21H17N3O2S. The third-order valence-corrected chi connectivity index (χ3v) is 4.82. The summed E-state index contributed by atoms with van der Waals surface area (Å²) >= 11 is 1.64. The molecule has 0 spiro atoms. The van der Waals surface area contributed by atoms with E-state index in [9.17, 15) is 0 Å². The van der Waals surface area contributed by atoms with Crippen LogP contribution in [0.25, 0.3) is 34.8 Å². The van der Waals surface area contributed by atoms with Crippen molar-refractivity contribution < 1.29 is 9.26 Å². The van der Waals surface area contributed by atoms with Crippen LogP contribution in [-0.2, 0) is 0 Å². The lowest BCUT2D eigenvalue weighted by molar-refractivity contribution is 0.411. The van der Waals surface area contributed by atoms with E-state index in [1.807, 2.05) is 61.5 Å². The SMILES string of the molecule is COc1ccccc1/C=C/c1nc(-c2ccc(-c3csc(C)n3)cc2)no1. The van der Waals surface area contributed by atoms with Gasteiger partial charge in [0.2, 0.25) is 5.82 Å². The van der Waals surface area contributed by atoms with E-state index in [0.29, 0.717) is 11.7 Å². The summed E-state index contributed by atoms with van der Waals surface area (Å²) in [6.45, 7) is 2.00. The summed E-state index contributed by atoms with van der Waals surface area (Å²) in [7, 11) is 1.65. The number of hydrogen-bond acceptors (Lipinski definition) is 6. The Morgan fingerprint density at radius 3 is 2.48 bits per heavy atom. The van der Waals surface area contributed by atoms with E-state index in [0.717, 1.165) is 33.1 Å². The van der Waals surface area contributed by atoms with Gasteiger partial charge in [-0.05, 0) is 19.1 Å². The molecule has 4 rings (SSSR count). The number of benzene rings is 2. The van der Waals surface area contributed by atoms with Crippen LogP contribution in [0.5, 0.6) is 5.75 Å². The number of rotatable bonds is 5. The second-order valence-electron chi connectivity index (χ2n) is 5.86. The average molecular weight is 375 g/mol. The Morgan fingerprint density at radius 2 is 1.74 bits per heavy atom. The number of aromatic nitrogens is 3. The van der Waals surface area contributed by atoms with Crippen LogP contribution in [0.4, 0.5) is 0 Å². The van der Waals surface area contributed by atoms with Gasteiger partial charge in [0.15, 0.2) is 0 Å². The van der Waals surface area contributed by atoms with Crippen molar-refractivity contribution in [3.05, 3.63) is 70.4 Å². The van der Waals surface area contributed by atoms with Gasteiger partial charge in [0.05, 0.1) is 17.8 Å². The van der Waals surface area contributed by atoms with Crippen LogP contribution in [0.2, 0.25) is 0 Å². The molecule has 0 N–H and O–H groups in total. The molecule has 0 amide bonds. The highest BCUT2D eigenvalue weighted by atomic mass is 32.1. The van der Waals surface area contributed by atoms with Gasteiger partial charge in [0.25, 0.3) is 5.89 Å². The lowest BCUT2D eigenvalue weighted by Crippen LogP contribution is -1.85. The molecule has 2 aromatic carbocycles. The van der Waals surface area contributed by atoms with E-state index < -0.39 is 0 Å². The van der Waals surface area contributed by atoms with Crippen LogP contribution < -0.4 is 4.74 Å². The van der Waals surface area contributed by atoms with Crippen LogP contribution >= 0.6 is 11.3 Å². The van der Waals surface area contributed by atoms with Crippen molar-refractivity contribution >= 4 is 23.5 Å².